The van der Waals surface area contributed by atoms with Gasteiger partial charge in [0.25, 0.3) is 0 Å². The molecule has 64 valence electrons. The number of β-amino-alcohol motifs (C(OH)–C–C–N with tert-alkyl or cyclic N) is 1. The van der Waals surface area contributed by atoms with Crippen molar-refractivity contribution in [3.63, 3.8) is 0 Å². The first kappa shape index (κ1) is 8.67. The van der Waals surface area contributed by atoms with Crippen molar-refractivity contribution >= 4 is 18.8 Å². The van der Waals surface area contributed by atoms with Crippen molar-refractivity contribution in [2.45, 2.75) is 6.42 Å². The first-order chi connectivity index (χ1) is 5.25. The van der Waals surface area contributed by atoms with E-state index in [2.05, 4.69) is 12.8 Å². The maximum atomic E-state index is 11.2. The Labute approximate surface area is 71.3 Å². The van der Waals surface area contributed by atoms with E-state index in [0.717, 1.165) is 13.0 Å². The molecule has 0 atom stereocenters. The van der Waals surface area contributed by atoms with E-state index in [-0.39, 0.29) is 12.6 Å². The number of thiol groups is 1. The summed E-state index contributed by atoms with van der Waals surface area (Å²) >= 11 is 3.97. The van der Waals surface area contributed by atoms with Gasteiger partial charge in [-0.2, -0.15) is 0 Å². The molecule has 1 N–H and O–H groups in total. The molecule has 0 bridgehead atoms. The lowest BCUT2D eigenvalue weighted by Gasteiger charge is -2.31. The number of urea groups is 1. The van der Waals surface area contributed by atoms with Crippen molar-refractivity contribution in [2.75, 3.05) is 26.2 Å². The van der Waals surface area contributed by atoms with E-state index in [1.54, 1.807) is 4.90 Å². The maximum absolute atomic E-state index is 11.2. The molecule has 0 aromatic heterocycles. The highest BCUT2D eigenvalue weighted by Crippen LogP contribution is 2.09. The highest BCUT2D eigenvalue weighted by molar-refractivity contribution is 7.78. The van der Waals surface area contributed by atoms with Crippen molar-refractivity contribution in [2.24, 2.45) is 0 Å². The number of hydrogen-bond acceptors (Lipinski definition) is 3. The SMILES string of the molecule is O=C1N(S)CCCN1CCO. The number of nitrogens with zero attached hydrogens (tertiary/aromatic N) is 2. The summed E-state index contributed by atoms with van der Waals surface area (Å²) in [6, 6.07) is -0.103. The van der Waals surface area contributed by atoms with Gasteiger partial charge < -0.3 is 10.0 Å². The molecule has 5 heteroatoms. The Morgan fingerprint density at radius 2 is 2.27 bits per heavy atom. The number of aliphatic hydroxyl groups is 1. The summed E-state index contributed by atoms with van der Waals surface area (Å²) in [5.74, 6) is 0. The summed E-state index contributed by atoms with van der Waals surface area (Å²) in [6.07, 6.45) is 0.926. The second kappa shape index (κ2) is 3.82. The minimum atomic E-state index is -0.103. The summed E-state index contributed by atoms with van der Waals surface area (Å²) in [7, 11) is 0. The van der Waals surface area contributed by atoms with Crippen LogP contribution >= 0.6 is 12.8 Å². The molecule has 0 radical (unpaired) electrons. The minimum absolute atomic E-state index is 0.0212. The van der Waals surface area contributed by atoms with Crippen LogP contribution in [0.4, 0.5) is 4.79 Å². The zero-order valence-corrected chi connectivity index (χ0v) is 7.13. The first-order valence-corrected chi connectivity index (χ1v) is 4.02. The summed E-state index contributed by atoms with van der Waals surface area (Å²) in [4.78, 5) is 12.8. The second-order valence-corrected chi connectivity index (χ2v) is 2.95. The van der Waals surface area contributed by atoms with Crippen LogP contribution in [0.3, 0.4) is 0 Å². The Bertz CT molecular complexity index is 152. The van der Waals surface area contributed by atoms with E-state index in [1.165, 1.54) is 4.31 Å². The van der Waals surface area contributed by atoms with Crippen LogP contribution in [0.1, 0.15) is 6.42 Å². The lowest BCUT2D eigenvalue weighted by Crippen LogP contribution is -2.46. The molecular formula is C6H12N2O2S. The molecule has 1 aliphatic heterocycles. The van der Waals surface area contributed by atoms with E-state index in [1.807, 2.05) is 0 Å². The van der Waals surface area contributed by atoms with Gasteiger partial charge in [0.2, 0.25) is 0 Å². The molecule has 0 saturated carbocycles. The predicted molar refractivity (Wildman–Crippen MR) is 44.4 cm³/mol. The Hall–Kier alpha value is -0.420. The molecule has 1 rings (SSSR count). The molecule has 0 unspecified atom stereocenters. The Morgan fingerprint density at radius 1 is 1.55 bits per heavy atom. The fourth-order valence-electron chi connectivity index (χ4n) is 1.09. The Morgan fingerprint density at radius 3 is 2.91 bits per heavy atom. The van der Waals surface area contributed by atoms with Gasteiger partial charge in [-0.3, -0.25) is 4.31 Å². The molecule has 2 amide bonds. The van der Waals surface area contributed by atoms with Gasteiger partial charge in [-0.15, -0.1) is 0 Å². The van der Waals surface area contributed by atoms with Gasteiger partial charge in [-0.05, 0) is 6.42 Å². The molecular weight excluding hydrogens is 164 g/mol. The molecule has 1 saturated heterocycles. The van der Waals surface area contributed by atoms with Crippen LogP contribution in [0.5, 0.6) is 0 Å². The van der Waals surface area contributed by atoms with Gasteiger partial charge in [-0.1, -0.05) is 12.8 Å². The van der Waals surface area contributed by atoms with E-state index in [9.17, 15) is 4.79 Å². The number of hydrogen-bond donors (Lipinski definition) is 2. The Balaban J connectivity index is 2.44. The van der Waals surface area contributed by atoms with Crippen molar-refractivity contribution in [1.29, 1.82) is 0 Å². The fraction of sp³-hybridized carbons (Fsp3) is 0.833. The normalized spacial score (nSPS) is 19.3. The van der Waals surface area contributed by atoms with Crippen molar-refractivity contribution in [1.82, 2.24) is 9.21 Å². The molecule has 1 fully saturated rings. The van der Waals surface area contributed by atoms with Gasteiger partial charge in [-0.25, -0.2) is 4.79 Å². The summed E-state index contributed by atoms with van der Waals surface area (Å²) in [5.41, 5.74) is 0. The van der Waals surface area contributed by atoms with E-state index < -0.39 is 0 Å². The predicted octanol–water partition coefficient (Wildman–Crippen LogP) is -0.0488. The smallest absolute Gasteiger partial charge is 0.329 e. The molecule has 0 spiro atoms. The molecule has 11 heavy (non-hydrogen) atoms. The van der Waals surface area contributed by atoms with Crippen LogP contribution < -0.4 is 0 Å². The lowest BCUT2D eigenvalue weighted by molar-refractivity contribution is 0.147. The zero-order chi connectivity index (χ0) is 8.27. The van der Waals surface area contributed by atoms with Crippen LogP contribution in [-0.4, -0.2) is 46.6 Å². The molecule has 1 aliphatic rings. The minimum Gasteiger partial charge on any atom is -0.395 e. The third kappa shape index (κ3) is 2.00. The maximum Gasteiger partial charge on any atom is 0.329 e. The first-order valence-electron chi connectivity index (χ1n) is 3.62. The van der Waals surface area contributed by atoms with Crippen LogP contribution in [0.15, 0.2) is 0 Å². The quantitative estimate of drug-likeness (QED) is 0.579. The average molecular weight is 176 g/mol. The molecule has 0 aliphatic carbocycles. The van der Waals surface area contributed by atoms with Crippen LogP contribution in [0.25, 0.3) is 0 Å². The summed E-state index contributed by atoms with van der Waals surface area (Å²) in [5, 5.41) is 8.59. The topological polar surface area (TPSA) is 43.8 Å². The van der Waals surface area contributed by atoms with Gasteiger partial charge in [0.15, 0.2) is 0 Å². The van der Waals surface area contributed by atoms with E-state index >= 15 is 0 Å². The van der Waals surface area contributed by atoms with Gasteiger partial charge in [0.05, 0.1) is 6.61 Å². The monoisotopic (exact) mass is 176 g/mol. The van der Waals surface area contributed by atoms with Gasteiger partial charge in [0, 0.05) is 19.6 Å². The van der Waals surface area contributed by atoms with Gasteiger partial charge in [0.1, 0.15) is 0 Å². The van der Waals surface area contributed by atoms with E-state index in [4.69, 9.17) is 5.11 Å². The van der Waals surface area contributed by atoms with E-state index in [0.29, 0.717) is 13.1 Å². The largest absolute Gasteiger partial charge is 0.395 e. The number of carbonyl (C=O) groups excluding carboxylic acids is 1. The van der Waals surface area contributed by atoms with Crippen molar-refractivity contribution in [3.05, 3.63) is 0 Å². The summed E-state index contributed by atoms with van der Waals surface area (Å²) < 4.78 is 1.37. The third-order valence-corrected chi connectivity index (χ3v) is 2.03. The lowest BCUT2D eigenvalue weighted by atomic mass is 10.3. The molecule has 1 heterocycles. The Kier molecular flexibility index (Phi) is 3.02. The average Bonchev–Trinajstić information content (AvgIpc) is 1.99. The van der Waals surface area contributed by atoms with Crippen molar-refractivity contribution in [3.8, 4) is 0 Å². The standard InChI is InChI=1S/C6H12N2O2S/c9-5-4-7-2-1-3-8(11)6(7)10/h9,11H,1-5H2. The molecule has 0 aromatic rings. The highest BCUT2D eigenvalue weighted by Gasteiger charge is 2.22. The number of amides is 2. The van der Waals surface area contributed by atoms with Crippen molar-refractivity contribution < 1.29 is 9.90 Å². The highest BCUT2D eigenvalue weighted by atomic mass is 32.1. The third-order valence-electron chi connectivity index (χ3n) is 1.66. The zero-order valence-electron chi connectivity index (χ0n) is 6.23. The number of rotatable bonds is 2. The number of carbonyl (C=O) groups is 1. The molecule has 4 nitrogen and oxygen atoms in total. The van der Waals surface area contributed by atoms with Crippen LogP contribution in [-0.2, 0) is 0 Å². The molecule has 0 aromatic carbocycles. The number of aliphatic hydroxyl groups excluding tert-OH is 1. The summed E-state index contributed by atoms with van der Waals surface area (Å²) in [6.45, 7) is 1.86. The second-order valence-electron chi connectivity index (χ2n) is 2.47. The van der Waals surface area contributed by atoms with Gasteiger partial charge >= 0.3 is 6.03 Å². The van der Waals surface area contributed by atoms with Crippen LogP contribution in [0.2, 0.25) is 0 Å². The van der Waals surface area contributed by atoms with Crippen LogP contribution in [0, 0.1) is 0 Å². The fourth-order valence-corrected chi connectivity index (χ4v) is 1.36.